The summed E-state index contributed by atoms with van der Waals surface area (Å²) in [6.45, 7) is 2.05. The summed E-state index contributed by atoms with van der Waals surface area (Å²) in [5, 5.41) is 0. The number of hydrogen-bond donors (Lipinski definition) is 0. The molecule has 0 aliphatic rings. The Bertz CT molecular complexity index is 476. The van der Waals surface area contributed by atoms with Crippen molar-refractivity contribution in [2.24, 2.45) is 0 Å². The van der Waals surface area contributed by atoms with Crippen LogP contribution in [0.1, 0.15) is 17.4 Å². The Morgan fingerprint density at radius 1 is 1.24 bits per heavy atom. The average molecular weight is 232 g/mol. The molecule has 0 unspecified atom stereocenters. The maximum atomic E-state index is 5.31. The summed E-state index contributed by atoms with van der Waals surface area (Å²) in [6, 6.07) is 6.14. The highest BCUT2D eigenvalue weighted by atomic mass is 16.7. The second-order valence-electron chi connectivity index (χ2n) is 3.84. The standard InChI is InChI=1S/C13H16N2O2/c1-10-4-5-11(13(16-2)17-3)12(8-10)15-7-6-14-9-15/h4-9,13H,1-3H3. The molecule has 0 radical (unpaired) electrons. The van der Waals surface area contributed by atoms with E-state index in [-0.39, 0.29) is 6.29 Å². The van der Waals surface area contributed by atoms with Gasteiger partial charge in [-0.25, -0.2) is 4.98 Å². The van der Waals surface area contributed by atoms with E-state index < -0.39 is 0 Å². The van der Waals surface area contributed by atoms with Gasteiger partial charge in [-0.15, -0.1) is 0 Å². The molecule has 2 rings (SSSR count). The molecule has 0 bridgehead atoms. The molecular formula is C13H16N2O2. The SMILES string of the molecule is COC(OC)c1ccc(C)cc1-n1ccnc1. The average Bonchev–Trinajstić information content (AvgIpc) is 2.86. The largest absolute Gasteiger partial charge is 0.352 e. The Balaban J connectivity index is 2.52. The number of aryl methyl sites for hydroxylation is 1. The Hall–Kier alpha value is -1.65. The van der Waals surface area contributed by atoms with Gasteiger partial charge in [-0.2, -0.15) is 0 Å². The Labute approximate surface area is 101 Å². The van der Waals surface area contributed by atoms with Crippen molar-refractivity contribution in [3.63, 3.8) is 0 Å². The molecule has 0 atom stereocenters. The van der Waals surface area contributed by atoms with Crippen LogP contribution >= 0.6 is 0 Å². The minimum absolute atomic E-state index is 0.368. The maximum absolute atomic E-state index is 5.31. The molecule has 90 valence electrons. The Morgan fingerprint density at radius 2 is 2.00 bits per heavy atom. The van der Waals surface area contributed by atoms with E-state index in [1.165, 1.54) is 5.56 Å². The number of methoxy groups -OCH3 is 2. The highest BCUT2D eigenvalue weighted by Crippen LogP contribution is 2.25. The van der Waals surface area contributed by atoms with E-state index in [4.69, 9.17) is 9.47 Å². The maximum Gasteiger partial charge on any atom is 0.185 e. The summed E-state index contributed by atoms with van der Waals surface area (Å²) in [7, 11) is 3.26. The van der Waals surface area contributed by atoms with Crippen LogP contribution in [-0.4, -0.2) is 23.8 Å². The van der Waals surface area contributed by atoms with Gasteiger partial charge in [0, 0.05) is 32.2 Å². The molecule has 0 amide bonds. The van der Waals surface area contributed by atoms with Crippen LogP contribution < -0.4 is 0 Å². The van der Waals surface area contributed by atoms with Crippen LogP contribution in [0.15, 0.2) is 36.9 Å². The van der Waals surface area contributed by atoms with Crippen LogP contribution in [0, 0.1) is 6.92 Å². The van der Waals surface area contributed by atoms with Crippen molar-refractivity contribution >= 4 is 0 Å². The predicted molar refractivity (Wildman–Crippen MR) is 65.1 cm³/mol. The lowest BCUT2D eigenvalue weighted by molar-refractivity contribution is -0.105. The second-order valence-corrected chi connectivity index (χ2v) is 3.84. The smallest absolute Gasteiger partial charge is 0.185 e. The van der Waals surface area contributed by atoms with E-state index in [1.807, 2.05) is 22.9 Å². The molecule has 4 nitrogen and oxygen atoms in total. The first-order valence-electron chi connectivity index (χ1n) is 5.40. The van der Waals surface area contributed by atoms with E-state index in [0.29, 0.717) is 0 Å². The van der Waals surface area contributed by atoms with E-state index in [2.05, 4.69) is 18.0 Å². The van der Waals surface area contributed by atoms with Crippen LogP contribution in [0.5, 0.6) is 0 Å². The van der Waals surface area contributed by atoms with Gasteiger partial charge in [0.15, 0.2) is 6.29 Å². The van der Waals surface area contributed by atoms with Crippen molar-refractivity contribution in [2.45, 2.75) is 13.2 Å². The number of benzene rings is 1. The fourth-order valence-corrected chi connectivity index (χ4v) is 1.83. The van der Waals surface area contributed by atoms with Gasteiger partial charge in [-0.3, -0.25) is 0 Å². The summed E-state index contributed by atoms with van der Waals surface area (Å²) in [4.78, 5) is 4.06. The normalized spacial score (nSPS) is 11.1. The summed E-state index contributed by atoms with van der Waals surface area (Å²) in [5.41, 5.74) is 3.19. The van der Waals surface area contributed by atoms with Crippen LogP contribution in [0.3, 0.4) is 0 Å². The zero-order valence-electron chi connectivity index (χ0n) is 10.3. The summed E-state index contributed by atoms with van der Waals surface area (Å²) in [5.74, 6) is 0. The minimum Gasteiger partial charge on any atom is -0.352 e. The summed E-state index contributed by atoms with van der Waals surface area (Å²) in [6.07, 6.45) is 5.05. The number of ether oxygens (including phenoxy) is 2. The molecule has 0 saturated carbocycles. The third-order valence-electron chi connectivity index (χ3n) is 2.65. The molecule has 17 heavy (non-hydrogen) atoms. The monoisotopic (exact) mass is 232 g/mol. The number of aromatic nitrogens is 2. The third kappa shape index (κ3) is 2.38. The first kappa shape index (κ1) is 11.8. The number of rotatable bonds is 4. The van der Waals surface area contributed by atoms with Crippen molar-refractivity contribution in [3.05, 3.63) is 48.0 Å². The zero-order valence-corrected chi connectivity index (χ0v) is 10.3. The second kappa shape index (κ2) is 5.12. The highest BCUT2D eigenvalue weighted by molar-refractivity contribution is 5.44. The Kier molecular flexibility index (Phi) is 3.56. The van der Waals surface area contributed by atoms with Gasteiger partial charge in [-0.05, 0) is 18.6 Å². The van der Waals surface area contributed by atoms with Gasteiger partial charge in [0.2, 0.25) is 0 Å². The summed E-state index contributed by atoms with van der Waals surface area (Å²) >= 11 is 0. The molecule has 1 aromatic heterocycles. The molecular weight excluding hydrogens is 216 g/mol. The van der Waals surface area contributed by atoms with Crippen LogP contribution in [-0.2, 0) is 9.47 Å². The molecule has 0 saturated heterocycles. The van der Waals surface area contributed by atoms with E-state index in [0.717, 1.165) is 11.3 Å². The van der Waals surface area contributed by atoms with E-state index >= 15 is 0 Å². The van der Waals surface area contributed by atoms with Crippen LogP contribution in [0.25, 0.3) is 5.69 Å². The first-order valence-corrected chi connectivity index (χ1v) is 5.40. The molecule has 1 heterocycles. The first-order chi connectivity index (χ1) is 8.26. The molecule has 1 aromatic carbocycles. The van der Waals surface area contributed by atoms with Gasteiger partial charge in [0.25, 0.3) is 0 Å². The lowest BCUT2D eigenvalue weighted by Crippen LogP contribution is -2.08. The molecule has 0 spiro atoms. The topological polar surface area (TPSA) is 36.3 Å². The van der Waals surface area contributed by atoms with Crippen LogP contribution in [0.2, 0.25) is 0 Å². The number of imidazole rings is 1. The highest BCUT2D eigenvalue weighted by Gasteiger charge is 2.14. The quantitative estimate of drug-likeness (QED) is 0.760. The van der Waals surface area contributed by atoms with E-state index in [9.17, 15) is 0 Å². The molecule has 0 N–H and O–H groups in total. The van der Waals surface area contributed by atoms with Crippen molar-refractivity contribution in [1.82, 2.24) is 9.55 Å². The third-order valence-corrected chi connectivity index (χ3v) is 2.65. The molecule has 0 aliphatic heterocycles. The van der Waals surface area contributed by atoms with Crippen molar-refractivity contribution in [2.75, 3.05) is 14.2 Å². The van der Waals surface area contributed by atoms with Gasteiger partial charge >= 0.3 is 0 Å². The van der Waals surface area contributed by atoms with E-state index in [1.54, 1.807) is 26.7 Å². The molecule has 2 aromatic rings. The lowest BCUT2D eigenvalue weighted by Gasteiger charge is -2.18. The number of hydrogen-bond acceptors (Lipinski definition) is 3. The Morgan fingerprint density at radius 3 is 2.59 bits per heavy atom. The lowest BCUT2D eigenvalue weighted by atomic mass is 10.1. The fourth-order valence-electron chi connectivity index (χ4n) is 1.83. The number of nitrogens with zero attached hydrogens (tertiary/aromatic N) is 2. The molecule has 0 fully saturated rings. The minimum atomic E-state index is -0.368. The fraction of sp³-hybridized carbons (Fsp3) is 0.308. The van der Waals surface area contributed by atoms with Gasteiger partial charge in [0.05, 0.1) is 12.0 Å². The van der Waals surface area contributed by atoms with Crippen molar-refractivity contribution in [3.8, 4) is 5.69 Å². The molecule has 0 aliphatic carbocycles. The predicted octanol–water partition coefficient (Wildman–Crippen LogP) is 2.47. The van der Waals surface area contributed by atoms with Crippen molar-refractivity contribution in [1.29, 1.82) is 0 Å². The van der Waals surface area contributed by atoms with Crippen molar-refractivity contribution < 1.29 is 9.47 Å². The van der Waals surface area contributed by atoms with Gasteiger partial charge < -0.3 is 14.0 Å². The van der Waals surface area contributed by atoms with Gasteiger partial charge in [-0.1, -0.05) is 12.1 Å². The summed E-state index contributed by atoms with van der Waals surface area (Å²) < 4.78 is 12.6. The van der Waals surface area contributed by atoms with Crippen LogP contribution in [0.4, 0.5) is 0 Å². The van der Waals surface area contributed by atoms with Gasteiger partial charge in [0.1, 0.15) is 0 Å². The zero-order chi connectivity index (χ0) is 12.3. The molecule has 4 heteroatoms.